The molecule has 17 heavy (non-hydrogen) atoms. The van der Waals surface area contributed by atoms with Gasteiger partial charge in [0.1, 0.15) is 5.82 Å². The van der Waals surface area contributed by atoms with Crippen LogP contribution in [0.1, 0.15) is 39.4 Å². The van der Waals surface area contributed by atoms with Crippen LogP contribution in [-0.4, -0.2) is 18.2 Å². The van der Waals surface area contributed by atoms with E-state index in [0.29, 0.717) is 17.2 Å². The van der Waals surface area contributed by atoms with E-state index < -0.39 is 6.10 Å². The van der Waals surface area contributed by atoms with Crippen molar-refractivity contribution in [2.24, 2.45) is 5.92 Å². The second kappa shape index (κ2) is 5.50. The fourth-order valence-electron chi connectivity index (χ4n) is 1.89. The summed E-state index contributed by atoms with van der Waals surface area (Å²) < 4.78 is 13.9. The Morgan fingerprint density at radius 3 is 2.24 bits per heavy atom. The molecule has 1 aromatic carbocycles. The van der Waals surface area contributed by atoms with Crippen molar-refractivity contribution in [2.45, 2.75) is 39.8 Å². The molecule has 1 unspecified atom stereocenters. The second-order valence-corrected chi connectivity index (χ2v) is 4.95. The molecule has 0 saturated heterocycles. The molecular weight excluding hydrogens is 217 g/mol. The summed E-state index contributed by atoms with van der Waals surface area (Å²) >= 11 is 0. The average molecular weight is 239 g/mol. The van der Waals surface area contributed by atoms with Gasteiger partial charge in [-0.1, -0.05) is 26.0 Å². The fraction of sp³-hybridized carbons (Fsp3) is 0.571. The number of rotatable bonds is 4. The monoisotopic (exact) mass is 239 g/mol. The third kappa shape index (κ3) is 2.97. The maximum absolute atomic E-state index is 13.9. The first-order valence-corrected chi connectivity index (χ1v) is 6.05. The largest absolute Gasteiger partial charge is 0.389 e. The van der Waals surface area contributed by atoms with Crippen LogP contribution in [0.2, 0.25) is 0 Å². The lowest BCUT2D eigenvalue weighted by molar-refractivity contribution is 0.199. The topological polar surface area (TPSA) is 23.5 Å². The Morgan fingerprint density at radius 1 is 1.18 bits per heavy atom. The van der Waals surface area contributed by atoms with Gasteiger partial charge in [-0.2, -0.15) is 0 Å². The third-order valence-electron chi connectivity index (χ3n) is 3.40. The van der Waals surface area contributed by atoms with E-state index in [0.717, 1.165) is 0 Å². The van der Waals surface area contributed by atoms with Crippen molar-refractivity contribution in [2.75, 3.05) is 11.9 Å². The number of aliphatic hydroxyl groups is 1. The van der Waals surface area contributed by atoms with Crippen molar-refractivity contribution in [3.8, 4) is 0 Å². The molecule has 1 aromatic rings. The molecule has 0 spiro atoms. The standard InChI is InChI=1S/C14H22FNO/c1-9(2)10(3)16(5)14-12(11(4)17)7-6-8-13(14)15/h6-11,17H,1-5H3/t10?,11-/m0/s1. The van der Waals surface area contributed by atoms with Gasteiger partial charge in [-0.25, -0.2) is 4.39 Å². The van der Waals surface area contributed by atoms with Gasteiger partial charge in [0.2, 0.25) is 0 Å². The smallest absolute Gasteiger partial charge is 0.146 e. The highest BCUT2D eigenvalue weighted by Gasteiger charge is 2.21. The van der Waals surface area contributed by atoms with Gasteiger partial charge in [-0.15, -0.1) is 0 Å². The Hall–Kier alpha value is -1.09. The van der Waals surface area contributed by atoms with E-state index in [2.05, 4.69) is 20.8 Å². The van der Waals surface area contributed by atoms with Gasteiger partial charge in [0.15, 0.2) is 0 Å². The SMILES string of the molecule is CC(C)C(C)N(C)c1c(F)cccc1[C@H](C)O. The minimum atomic E-state index is -0.664. The minimum Gasteiger partial charge on any atom is -0.389 e. The molecule has 0 heterocycles. The molecule has 3 heteroatoms. The fourth-order valence-corrected chi connectivity index (χ4v) is 1.89. The van der Waals surface area contributed by atoms with Crippen LogP contribution < -0.4 is 4.90 Å². The van der Waals surface area contributed by atoms with Crippen molar-refractivity contribution in [1.29, 1.82) is 0 Å². The highest BCUT2D eigenvalue weighted by atomic mass is 19.1. The molecule has 0 amide bonds. The van der Waals surface area contributed by atoms with Crippen molar-refractivity contribution in [3.05, 3.63) is 29.6 Å². The van der Waals surface area contributed by atoms with Crippen molar-refractivity contribution in [1.82, 2.24) is 0 Å². The predicted octanol–water partition coefficient (Wildman–Crippen LogP) is 3.36. The van der Waals surface area contributed by atoms with Gasteiger partial charge in [-0.3, -0.25) is 0 Å². The van der Waals surface area contributed by atoms with E-state index in [1.54, 1.807) is 19.1 Å². The normalized spacial score (nSPS) is 14.8. The van der Waals surface area contributed by atoms with E-state index in [1.165, 1.54) is 6.07 Å². The summed E-state index contributed by atoms with van der Waals surface area (Å²) in [6.07, 6.45) is -0.664. The lowest BCUT2D eigenvalue weighted by Gasteiger charge is -2.32. The van der Waals surface area contributed by atoms with Crippen LogP contribution in [0.5, 0.6) is 0 Å². The zero-order valence-corrected chi connectivity index (χ0v) is 11.2. The van der Waals surface area contributed by atoms with Gasteiger partial charge < -0.3 is 10.0 Å². The first kappa shape index (κ1) is 14.0. The first-order valence-electron chi connectivity index (χ1n) is 6.05. The van der Waals surface area contributed by atoms with E-state index >= 15 is 0 Å². The van der Waals surface area contributed by atoms with Crippen molar-refractivity contribution in [3.63, 3.8) is 0 Å². The summed E-state index contributed by atoms with van der Waals surface area (Å²) in [5, 5.41) is 9.70. The van der Waals surface area contributed by atoms with Gasteiger partial charge in [0.05, 0.1) is 11.8 Å². The number of aliphatic hydroxyl groups excluding tert-OH is 1. The summed E-state index contributed by atoms with van der Waals surface area (Å²) in [5.41, 5.74) is 1.14. The van der Waals surface area contributed by atoms with Crippen LogP contribution in [0, 0.1) is 11.7 Å². The number of nitrogens with zero attached hydrogens (tertiary/aromatic N) is 1. The maximum atomic E-state index is 13.9. The summed E-state index contributed by atoms with van der Waals surface area (Å²) in [7, 11) is 1.87. The summed E-state index contributed by atoms with van der Waals surface area (Å²) in [6.45, 7) is 7.92. The van der Waals surface area contributed by atoms with Crippen LogP contribution in [0.15, 0.2) is 18.2 Å². The Bertz CT molecular complexity index is 376. The Morgan fingerprint density at radius 2 is 1.76 bits per heavy atom. The number of hydrogen-bond donors (Lipinski definition) is 1. The van der Waals surface area contributed by atoms with E-state index in [-0.39, 0.29) is 11.9 Å². The molecule has 1 rings (SSSR count). The third-order valence-corrected chi connectivity index (χ3v) is 3.40. The van der Waals surface area contributed by atoms with Gasteiger partial charge >= 0.3 is 0 Å². The highest BCUT2D eigenvalue weighted by molar-refractivity contribution is 5.56. The van der Waals surface area contributed by atoms with Crippen LogP contribution >= 0.6 is 0 Å². The predicted molar refractivity (Wildman–Crippen MR) is 69.7 cm³/mol. The van der Waals surface area contributed by atoms with Crippen LogP contribution in [-0.2, 0) is 0 Å². The van der Waals surface area contributed by atoms with Gasteiger partial charge in [-0.05, 0) is 25.8 Å². The number of hydrogen-bond acceptors (Lipinski definition) is 2. The van der Waals surface area contributed by atoms with Crippen molar-refractivity contribution >= 4 is 5.69 Å². The van der Waals surface area contributed by atoms with Crippen molar-refractivity contribution < 1.29 is 9.50 Å². The quantitative estimate of drug-likeness (QED) is 0.871. The molecule has 0 radical (unpaired) electrons. The molecule has 0 aliphatic rings. The molecule has 0 aliphatic heterocycles. The Kier molecular flexibility index (Phi) is 4.52. The number of anilines is 1. The zero-order valence-electron chi connectivity index (χ0n) is 11.2. The summed E-state index contributed by atoms with van der Waals surface area (Å²) in [4.78, 5) is 1.90. The zero-order chi connectivity index (χ0) is 13.2. The molecule has 0 fully saturated rings. The van der Waals surface area contributed by atoms with Crippen LogP contribution in [0.25, 0.3) is 0 Å². The number of halogens is 1. The molecule has 0 aromatic heterocycles. The van der Waals surface area contributed by atoms with Crippen LogP contribution in [0.4, 0.5) is 10.1 Å². The molecule has 0 bridgehead atoms. The molecule has 1 N–H and O–H groups in total. The molecule has 2 atom stereocenters. The maximum Gasteiger partial charge on any atom is 0.146 e. The summed E-state index contributed by atoms with van der Waals surface area (Å²) in [5.74, 6) is 0.139. The van der Waals surface area contributed by atoms with Gasteiger partial charge in [0, 0.05) is 18.7 Å². The lowest BCUT2D eigenvalue weighted by Crippen LogP contribution is -2.34. The second-order valence-electron chi connectivity index (χ2n) is 4.95. The first-order chi connectivity index (χ1) is 7.86. The Labute approximate surface area is 103 Å². The van der Waals surface area contributed by atoms with E-state index in [9.17, 15) is 9.50 Å². The molecule has 0 aliphatic carbocycles. The molecule has 0 saturated carbocycles. The lowest BCUT2D eigenvalue weighted by atomic mass is 10.0. The van der Waals surface area contributed by atoms with E-state index in [4.69, 9.17) is 0 Å². The molecular formula is C14H22FNO. The van der Waals surface area contributed by atoms with Gasteiger partial charge in [0.25, 0.3) is 0 Å². The summed E-state index contributed by atoms with van der Waals surface area (Å²) in [6, 6.07) is 5.05. The molecule has 2 nitrogen and oxygen atoms in total. The number of para-hydroxylation sites is 1. The Balaban J connectivity index is 3.20. The van der Waals surface area contributed by atoms with Crippen LogP contribution in [0.3, 0.4) is 0 Å². The highest BCUT2D eigenvalue weighted by Crippen LogP contribution is 2.30. The molecule has 96 valence electrons. The number of benzene rings is 1. The average Bonchev–Trinajstić information content (AvgIpc) is 2.26. The minimum absolute atomic E-state index is 0.212. The van der Waals surface area contributed by atoms with E-state index in [1.807, 2.05) is 11.9 Å².